The number of fused-ring (bicyclic) bond motifs is 7. The average Bonchev–Trinajstić information content (AvgIpc) is 1.93. The molecule has 452 valence electrons. The third-order valence-electron chi connectivity index (χ3n) is 19.6. The summed E-state index contributed by atoms with van der Waals surface area (Å²) >= 11 is 0. The number of aryl methyl sites for hydroxylation is 1. The standard InChI is InChI=1S/C68H92N2O13/c1-4-5-14-58(75)59(76)27-22-46-19-18-45-12-7-6-11-44(45)13-10-32-68(66(3,83)63-47(29-33-71)20-21-49-35-51(73)23-25-53(49)63)39-43-16-17-48(50(34-43)40-67(65(81)82)30-8-9-31-67)36-61(78)54-24-15-42(2)69-64(56(54)38-62(79)80)60(77)28-26-57(70-68)55(46)37-52(74)41-72/h6-7,11-12,16-17,20-23,25,27,34-35,42,47,52,54,56-61,63-64,69-78,83H,4-5,8-9,14-15,18-19,24,26,28-33,36-41H2,1-3H3,(H,79,80)(H,81,82). The largest absolute Gasteiger partial charge is 0.508 e. The van der Waals surface area contributed by atoms with Crippen molar-refractivity contribution in [1.82, 2.24) is 10.6 Å². The minimum atomic E-state index is -1.89. The average molecular weight is 1150 g/mol. The van der Waals surface area contributed by atoms with E-state index >= 15 is 0 Å². The second kappa shape index (κ2) is 28.3. The van der Waals surface area contributed by atoms with Gasteiger partial charge in [0.15, 0.2) is 0 Å². The highest BCUT2D eigenvalue weighted by molar-refractivity contribution is 5.75. The van der Waals surface area contributed by atoms with Crippen LogP contribution in [-0.4, -0.2) is 141 Å². The van der Waals surface area contributed by atoms with Gasteiger partial charge < -0.3 is 66.8 Å². The molecule has 0 radical (unpaired) electrons. The molecule has 9 rings (SSSR count). The summed E-state index contributed by atoms with van der Waals surface area (Å²) in [4.78, 5) is 26.5. The maximum absolute atomic E-state index is 14.6. The van der Waals surface area contributed by atoms with Crippen LogP contribution in [-0.2, 0) is 35.3 Å². The van der Waals surface area contributed by atoms with Gasteiger partial charge in [-0.3, -0.25) is 9.59 Å². The van der Waals surface area contributed by atoms with E-state index in [1.807, 2.05) is 68.5 Å². The van der Waals surface area contributed by atoms with Crippen LogP contribution in [0.3, 0.4) is 0 Å². The van der Waals surface area contributed by atoms with E-state index in [-0.39, 0.29) is 76.2 Å². The molecule has 6 bridgehead atoms. The number of aliphatic hydroxyl groups is 8. The van der Waals surface area contributed by atoms with Gasteiger partial charge in [-0.15, -0.1) is 0 Å². The molecule has 1 saturated carbocycles. The number of aromatic hydroxyl groups is 1. The summed E-state index contributed by atoms with van der Waals surface area (Å²) in [6, 6.07) is 16.8. The molecule has 14 atom stereocenters. The number of carboxylic acid groups (broad SMARTS) is 2. The van der Waals surface area contributed by atoms with E-state index in [4.69, 9.17) is 0 Å². The molecule has 2 aliphatic carbocycles. The smallest absolute Gasteiger partial charge is 0.309 e. The molecule has 0 aromatic heterocycles. The fraction of sp³-hybridized carbons (Fsp3) is 0.588. The van der Waals surface area contributed by atoms with Gasteiger partial charge in [-0.05, 0) is 184 Å². The molecule has 4 aliphatic heterocycles. The quantitative estimate of drug-likeness (QED) is 0.0562. The number of aliphatic hydroxyl groups excluding tert-OH is 7. The van der Waals surface area contributed by atoms with Crippen molar-refractivity contribution in [2.45, 2.75) is 215 Å². The van der Waals surface area contributed by atoms with Crippen LogP contribution in [0.2, 0.25) is 0 Å². The number of hydrogen-bond acceptors (Lipinski definition) is 13. The summed E-state index contributed by atoms with van der Waals surface area (Å²) < 4.78 is 0. The summed E-state index contributed by atoms with van der Waals surface area (Å²) in [5.74, 6) is 2.49. The summed E-state index contributed by atoms with van der Waals surface area (Å²) in [6.45, 7) is 4.92. The number of phenols is 1. The van der Waals surface area contributed by atoms with Crippen LogP contribution < -0.4 is 10.6 Å². The van der Waals surface area contributed by atoms with Crippen LogP contribution in [0.25, 0.3) is 6.08 Å². The number of phenolic OH excluding ortho intramolecular Hbond substituents is 1. The zero-order valence-corrected chi connectivity index (χ0v) is 48.8. The van der Waals surface area contributed by atoms with E-state index in [1.54, 1.807) is 37.3 Å². The van der Waals surface area contributed by atoms with Gasteiger partial charge >= 0.3 is 11.9 Å². The Hall–Kier alpha value is -5.22. The third kappa shape index (κ3) is 14.9. The Bertz CT molecular complexity index is 2860. The normalized spacial score (nSPS) is 29.4. The highest BCUT2D eigenvalue weighted by Crippen LogP contribution is 2.51. The van der Waals surface area contributed by atoms with Crippen molar-refractivity contribution in [3.05, 3.63) is 129 Å². The van der Waals surface area contributed by atoms with Crippen molar-refractivity contribution in [3.63, 3.8) is 0 Å². The maximum atomic E-state index is 14.6. The lowest BCUT2D eigenvalue weighted by Gasteiger charge is -2.54. The van der Waals surface area contributed by atoms with Gasteiger partial charge in [0.2, 0.25) is 0 Å². The lowest BCUT2D eigenvalue weighted by molar-refractivity contribution is -0.148. The molecular formula is C68H92N2O13. The molecule has 0 amide bonds. The fourth-order valence-corrected chi connectivity index (χ4v) is 14.9. The summed E-state index contributed by atoms with van der Waals surface area (Å²) in [7, 11) is 0. The van der Waals surface area contributed by atoms with Crippen LogP contribution in [0.4, 0.5) is 0 Å². The molecular weight excluding hydrogens is 1050 g/mol. The van der Waals surface area contributed by atoms with Crippen molar-refractivity contribution in [1.29, 1.82) is 0 Å². The molecule has 15 nitrogen and oxygen atoms in total. The lowest BCUT2D eigenvalue weighted by atomic mass is 9.59. The van der Waals surface area contributed by atoms with Crippen LogP contribution >= 0.6 is 0 Å². The molecule has 3 aromatic carbocycles. The SMILES string of the molecule is CCCCC(O)C(O)C=CC1=C(CC(O)CO)C2CCC(O)C3NC(C)CCC(C(O)Cc4ccc(cc4CC4(C(=O)O)CCCC4)CC(C(C)(O)C4c5ccc(O)cc5C=CC4CCO)(CC#Cc4ccccc4CC1)N2)C3CC(=O)O. The highest BCUT2D eigenvalue weighted by Gasteiger charge is 2.56. The molecule has 83 heavy (non-hydrogen) atoms. The molecule has 0 spiro atoms. The first-order valence-electron chi connectivity index (χ1n) is 30.6. The predicted molar refractivity (Wildman–Crippen MR) is 319 cm³/mol. The zero-order chi connectivity index (χ0) is 59.6. The first kappa shape index (κ1) is 63.8. The molecule has 4 heterocycles. The van der Waals surface area contributed by atoms with E-state index in [9.17, 15) is 65.8 Å². The Kier molecular flexibility index (Phi) is 21.8. The number of benzene rings is 3. The lowest BCUT2D eigenvalue weighted by Crippen LogP contribution is -2.68. The predicted octanol–water partition coefficient (Wildman–Crippen LogP) is 7.18. The Labute approximate surface area is 490 Å². The fourth-order valence-electron chi connectivity index (χ4n) is 14.9. The van der Waals surface area contributed by atoms with Crippen molar-refractivity contribution < 1.29 is 65.8 Å². The van der Waals surface area contributed by atoms with Gasteiger partial charge in [-0.1, -0.05) is 111 Å². The van der Waals surface area contributed by atoms with Crippen LogP contribution in [0.15, 0.2) is 90.0 Å². The second-order valence-electron chi connectivity index (χ2n) is 25.3. The molecule has 14 unspecified atom stereocenters. The summed E-state index contributed by atoms with van der Waals surface area (Å²) in [6.07, 6.45) is 7.47. The van der Waals surface area contributed by atoms with E-state index < -0.39 is 101 Å². The molecule has 3 aromatic rings. The molecule has 13 N–H and O–H groups in total. The first-order chi connectivity index (χ1) is 39.7. The molecule has 1 saturated heterocycles. The number of aliphatic carboxylic acids is 2. The monoisotopic (exact) mass is 1140 g/mol. The Balaban J connectivity index is 1.47. The van der Waals surface area contributed by atoms with Crippen LogP contribution in [0.5, 0.6) is 5.75 Å². The number of hydrogen-bond donors (Lipinski definition) is 13. The minimum Gasteiger partial charge on any atom is -0.508 e. The highest BCUT2D eigenvalue weighted by atomic mass is 16.4. The summed E-state index contributed by atoms with van der Waals surface area (Å²) in [5.41, 5.74) is 1.87. The number of rotatable bonds is 18. The van der Waals surface area contributed by atoms with Gasteiger partial charge in [0, 0.05) is 42.6 Å². The van der Waals surface area contributed by atoms with E-state index in [1.165, 1.54) is 0 Å². The molecule has 2 fully saturated rings. The minimum absolute atomic E-state index is 0.0250. The zero-order valence-electron chi connectivity index (χ0n) is 48.8. The topological polar surface area (TPSA) is 281 Å². The maximum Gasteiger partial charge on any atom is 0.309 e. The summed E-state index contributed by atoms with van der Waals surface area (Å²) in [5, 5.41) is 137. The Morgan fingerprint density at radius 2 is 1.70 bits per heavy atom. The number of carboxylic acids is 2. The van der Waals surface area contributed by atoms with Gasteiger partial charge in [0.1, 0.15) is 5.75 Å². The van der Waals surface area contributed by atoms with Gasteiger partial charge in [-0.25, -0.2) is 0 Å². The third-order valence-corrected chi connectivity index (χ3v) is 19.6. The van der Waals surface area contributed by atoms with Crippen molar-refractivity contribution >= 4 is 18.0 Å². The van der Waals surface area contributed by atoms with Crippen LogP contribution in [0, 0.1) is 35.0 Å². The second-order valence-corrected chi connectivity index (χ2v) is 25.3. The van der Waals surface area contributed by atoms with Gasteiger partial charge in [0.25, 0.3) is 0 Å². The van der Waals surface area contributed by atoms with Crippen molar-refractivity contribution in [2.24, 2.45) is 23.2 Å². The van der Waals surface area contributed by atoms with E-state index in [0.717, 1.165) is 36.0 Å². The number of nitrogens with one attached hydrogen (secondary N) is 2. The van der Waals surface area contributed by atoms with Crippen LogP contribution in [0.1, 0.15) is 168 Å². The van der Waals surface area contributed by atoms with E-state index in [0.29, 0.717) is 84.8 Å². The van der Waals surface area contributed by atoms with Crippen molar-refractivity contribution in [2.75, 3.05) is 13.2 Å². The van der Waals surface area contributed by atoms with E-state index in [2.05, 4.69) is 22.5 Å². The number of unbranched alkanes of at least 4 members (excludes halogenated alkanes) is 1. The first-order valence-corrected chi connectivity index (χ1v) is 30.6. The number of carbonyl (C=O) groups is 2. The molecule has 15 heteroatoms. The van der Waals surface area contributed by atoms with Crippen molar-refractivity contribution in [3.8, 4) is 17.6 Å². The van der Waals surface area contributed by atoms with Gasteiger partial charge in [-0.2, -0.15) is 0 Å². The Morgan fingerprint density at radius 1 is 0.928 bits per heavy atom. The number of allylic oxidation sites excluding steroid dienone is 3. The van der Waals surface area contributed by atoms with Gasteiger partial charge in [0.05, 0.1) is 60.1 Å². The Morgan fingerprint density at radius 3 is 2.42 bits per heavy atom. The molecule has 6 aliphatic rings.